The molecule has 0 aromatic heterocycles. The number of aryl methyl sites for hydroxylation is 1. The Balaban J connectivity index is 1.87. The van der Waals surface area contributed by atoms with Gasteiger partial charge in [0.05, 0.1) is 12.0 Å². The van der Waals surface area contributed by atoms with E-state index >= 15 is 0 Å². The van der Waals surface area contributed by atoms with E-state index in [1.807, 2.05) is 11.9 Å². The van der Waals surface area contributed by atoms with Crippen LogP contribution in [0.15, 0.2) is 24.3 Å². The summed E-state index contributed by atoms with van der Waals surface area (Å²) in [5.41, 5.74) is 2.26. The largest absolute Gasteiger partial charge is 0.342 e. The Hall–Kier alpha value is -1.84. The van der Waals surface area contributed by atoms with Gasteiger partial charge in [-0.3, -0.25) is 9.59 Å². The Morgan fingerprint density at radius 3 is 2.39 bits per heavy atom. The minimum absolute atomic E-state index is 0.112. The van der Waals surface area contributed by atoms with E-state index in [0.29, 0.717) is 12.8 Å². The zero-order valence-corrected chi connectivity index (χ0v) is 14.1. The minimum atomic E-state index is -0.133. The number of rotatable bonds is 2. The van der Waals surface area contributed by atoms with E-state index in [-0.39, 0.29) is 23.8 Å². The van der Waals surface area contributed by atoms with Crippen molar-refractivity contribution in [2.75, 3.05) is 20.1 Å². The lowest BCUT2D eigenvalue weighted by Crippen LogP contribution is -2.48. The molecule has 2 amide bonds. The summed E-state index contributed by atoms with van der Waals surface area (Å²) in [4.78, 5) is 29.0. The van der Waals surface area contributed by atoms with Gasteiger partial charge in [0.15, 0.2) is 0 Å². The van der Waals surface area contributed by atoms with E-state index in [9.17, 15) is 9.59 Å². The van der Waals surface area contributed by atoms with Crippen LogP contribution in [0.3, 0.4) is 0 Å². The molecule has 4 heteroatoms. The average molecular weight is 314 g/mol. The molecule has 2 aliphatic rings. The van der Waals surface area contributed by atoms with Crippen LogP contribution in [0.1, 0.15) is 49.3 Å². The van der Waals surface area contributed by atoms with Gasteiger partial charge in [-0.15, -0.1) is 0 Å². The van der Waals surface area contributed by atoms with Gasteiger partial charge < -0.3 is 9.80 Å². The molecule has 2 aliphatic heterocycles. The van der Waals surface area contributed by atoms with Crippen molar-refractivity contribution in [3.63, 3.8) is 0 Å². The third-order valence-corrected chi connectivity index (χ3v) is 5.26. The lowest BCUT2D eigenvalue weighted by Gasteiger charge is -2.41. The first-order valence-corrected chi connectivity index (χ1v) is 8.69. The lowest BCUT2D eigenvalue weighted by molar-refractivity contribution is -0.147. The monoisotopic (exact) mass is 314 g/mol. The van der Waals surface area contributed by atoms with E-state index in [1.165, 1.54) is 12.0 Å². The second-order valence-electron chi connectivity index (χ2n) is 6.89. The van der Waals surface area contributed by atoms with Gasteiger partial charge in [-0.25, -0.2) is 0 Å². The predicted octanol–water partition coefficient (Wildman–Crippen LogP) is 2.92. The number of likely N-dealkylation sites (tertiary alicyclic amines) is 2. The Morgan fingerprint density at radius 2 is 1.74 bits per heavy atom. The number of carbonyl (C=O) groups excluding carboxylic acids is 2. The van der Waals surface area contributed by atoms with Crippen LogP contribution in [-0.2, 0) is 9.59 Å². The number of carbonyl (C=O) groups is 2. The molecule has 1 aromatic carbocycles. The summed E-state index contributed by atoms with van der Waals surface area (Å²) in [6.45, 7) is 3.79. The predicted molar refractivity (Wildman–Crippen MR) is 89.8 cm³/mol. The normalized spacial score (nSPS) is 25.6. The van der Waals surface area contributed by atoms with Crippen molar-refractivity contribution in [2.24, 2.45) is 5.92 Å². The van der Waals surface area contributed by atoms with E-state index in [4.69, 9.17) is 0 Å². The minimum Gasteiger partial charge on any atom is -0.342 e. The second-order valence-corrected chi connectivity index (χ2v) is 6.89. The summed E-state index contributed by atoms with van der Waals surface area (Å²) in [7, 11) is 1.84. The lowest BCUT2D eigenvalue weighted by atomic mass is 9.83. The highest BCUT2D eigenvalue weighted by Crippen LogP contribution is 2.37. The second kappa shape index (κ2) is 6.73. The highest BCUT2D eigenvalue weighted by Gasteiger charge is 2.40. The van der Waals surface area contributed by atoms with Crippen LogP contribution >= 0.6 is 0 Å². The van der Waals surface area contributed by atoms with Crippen LogP contribution in [0.25, 0.3) is 0 Å². The van der Waals surface area contributed by atoms with Gasteiger partial charge >= 0.3 is 0 Å². The molecular weight excluding hydrogens is 288 g/mol. The number of amides is 2. The molecule has 1 aromatic rings. The van der Waals surface area contributed by atoms with Gasteiger partial charge in [0.1, 0.15) is 0 Å². The first-order chi connectivity index (χ1) is 11.1. The van der Waals surface area contributed by atoms with Crippen molar-refractivity contribution in [1.29, 1.82) is 0 Å². The average Bonchev–Trinajstić information content (AvgIpc) is 2.58. The highest BCUT2D eigenvalue weighted by molar-refractivity contribution is 5.85. The molecule has 0 radical (unpaired) electrons. The Bertz CT molecular complexity index is 576. The van der Waals surface area contributed by atoms with Crippen molar-refractivity contribution in [3.8, 4) is 0 Å². The number of piperidine rings is 2. The zero-order chi connectivity index (χ0) is 16.4. The van der Waals surface area contributed by atoms with Crippen molar-refractivity contribution < 1.29 is 9.59 Å². The maximum absolute atomic E-state index is 13.0. The Labute approximate surface area is 138 Å². The third-order valence-electron chi connectivity index (χ3n) is 5.26. The summed E-state index contributed by atoms with van der Waals surface area (Å²) < 4.78 is 0. The summed E-state index contributed by atoms with van der Waals surface area (Å²) in [6, 6.07) is 8.11. The van der Waals surface area contributed by atoms with Gasteiger partial charge in [0.25, 0.3) is 0 Å². The molecule has 0 N–H and O–H groups in total. The van der Waals surface area contributed by atoms with Gasteiger partial charge in [0.2, 0.25) is 11.8 Å². The van der Waals surface area contributed by atoms with Crippen LogP contribution in [0.5, 0.6) is 0 Å². The molecule has 2 saturated heterocycles. The molecule has 3 rings (SSSR count). The molecule has 124 valence electrons. The third kappa shape index (κ3) is 3.26. The van der Waals surface area contributed by atoms with E-state index in [1.54, 1.807) is 4.90 Å². The fraction of sp³-hybridized carbons (Fsp3) is 0.579. The zero-order valence-electron chi connectivity index (χ0n) is 14.1. The highest BCUT2D eigenvalue weighted by atomic mass is 16.2. The molecule has 23 heavy (non-hydrogen) atoms. The van der Waals surface area contributed by atoms with Gasteiger partial charge in [0, 0.05) is 26.6 Å². The molecule has 0 bridgehead atoms. The van der Waals surface area contributed by atoms with Crippen molar-refractivity contribution in [1.82, 2.24) is 9.80 Å². The fourth-order valence-corrected chi connectivity index (χ4v) is 3.87. The smallest absolute Gasteiger partial charge is 0.228 e. The Kier molecular flexibility index (Phi) is 4.69. The molecule has 0 unspecified atom stereocenters. The molecule has 2 heterocycles. The number of hydrogen-bond donors (Lipinski definition) is 0. The molecule has 2 fully saturated rings. The van der Waals surface area contributed by atoms with Crippen molar-refractivity contribution in [2.45, 2.75) is 45.1 Å². The van der Waals surface area contributed by atoms with Crippen LogP contribution in [-0.4, -0.2) is 41.8 Å². The summed E-state index contributed by atoms with van der Waals surface area (Å²) >= 11 is 0. The van der Waals surface area contributed by atoms with E-state index in [0.717, 1.165) is 31.5 Å². The quantitative estimate of drug-likeness (QED) is 0.842. The number of hydrogen-bond acceptors (Lipinski definition) is 2. The van der Waals surface area contributed by atoms with Crippen LogP contribution < -0.4 is 0 Å². The molecular formula is C19H26N2O2. The molecule has 0 saturated carbocycles. The SMILES string of the molecule is Cc1ccc([C@@H]2[C@H](C(=O)N3CCCCC3)CCC(=O)N2C)cc1. The molecule has 0 aliphatic carbocycles. The maximum atomic E-state index is 13.0. The van der Waals surface area contributed by atoms with Crippen molar-refractivity contribution >= 4 is 11.8 Å². The Morgan fingerprint density at radius 1 is 1.09 bits per heavy atom. The summed E-state index contributed by atoms with van der Waals surface area (Å²) in [5, 5.41) is 0. The van der Waals surface area contributed by atoms with Gasteiger partial charge in [-0.1, -0.05) is 29.8 Å². The van der Waals surface area contributed by atoms with E-state index < -0.39 is 0 Å². The summed E-state index contributed by atoms with van der Waals surface area (Å²) in [5.74, 6) is 0.256. The number of benzene rings is 1. The van der Waals surface area contributed by atoms with Crippen LogP contribution in [0.4, 0.5) is 0 Å². The van der Waals surface area contributed by atoms with Gasteiger partial charge in [-0.05, 0) is 38.2 Å². The first-order valence-electron chi connectivity index (χ1n) is 8.69. The topological polar surface area (TPSA) is 40.6 Å². The fourth-order valence-electron chi connectivity index (χ4n) is 3.87. The van der Waals surface area contributed by atoms with Crippen LogP contribution in [0.2, 0.25) is 0 Å². The first kappa shape index (κ1) is 16.0. The number of nitrogens with zero attached hydrogens (tertiary/aromatic N) is 2. The van der Waals surface area contributed by atoms with E-state index in [2.05, 4.69) is 31.2 Å². The standard InChI is InChI=1S/C19H26N2O2/c1-14-6-8-15(9-7-14)18-16(10-11-17(22)20(18)2)19(23)21-12-4-3-5-13-21/h6-9,16,18H,3-5,10-13H2,1-2H3/t16-,18-/m1/s1. The summed E-state index contributed by atoms with van der Waals surface area (Å²) in [6.07, 6.45) is 4.55. The van der Waals surface area contributed by atoms with Crippen molar-refractivity contribution in [3.05, 3.63) is 35.4 Å². The maximum Gasteiger partial charge on any atom is 0.228 e. The molecule has 2 atom stereocenters. The molecule has 0 spiro atoms. The molecule has 4 nitrogen and oxygen atoms in total. The van der Waals surface area contributed by atoms with Crippen LogP contribution in [0, 0.1) is 12.8 Å². The van der Waals surface area contributed by atoms with Gasteiger partial charge in [-0.2, -0.15) is 0 Å².